The third-order valence-corrected chi connectivity index (χ3v) is 9.52. The van der Waals surface area contributed by atoms with Crippen molar-refractivity contribution in [3.05, 3.63) is 23.9 Å². The lowest BCUT2D eigenvalue weighted by molar-refractivity contribution is -0.144. The first-order chi connectivity index (χ1) is 16.7. The highest BCUT2D eigenvalue weighted by atomic mass is 19.4. The number of likely N-dealkylation sites (tertiary alicyclic amines) is 1. The van der Waals surface area contributed by atoms with Crippen LogP contribution in [0.2, 0.25) is 0 Å². The Labute approximate surface area is 204 Å². The number of nitrogens with one attached hydrogen (secondary N) is 1. The Morgan fingerprint density at radius 1 is 1.23 bits per heavy atom. The number of anilines is 1. The minimum absolute atomic E-state index is 0.0367. The number of piperazine rings is 1. The molecular weight excluding hydrogens is 457 g/mol. The Hall–Kier alpha value is -1.87. The number of hydrogen-bond donors (Lipinski definition) is 1. The molecular formula is C26H35F3N4O2. The van der Waals surface area contributed by atoms with E-state index in [1.807, 2.05) is 4.90 Å². The van der Waals surface area contributed by atoms with Gasteiger partial charge < -0.3 is 19.9 Å². The second-order valence-electron chi connectivity index (χ2n) is 11.5. The van der Waals surface area contributed by atoms with Gasteiger partial charge in [0.2, 0.25) is 5.91 Å². The summed E-state index contributed by atoms with van der Waals surface area (Å²) in [6.45, 7) is 4.99. The van der Waals surface area contributed by atoms with E-state index in [2.05, 4.69) is 22.1 Å². The highest BCUT2D eigenvalue weighted by Gasteiger charge is 2.59. The predicted octanol–water partition coefficient (Wildman–Crippen LogP) is 3.85. The van der Waals surface area contributed by atoms with Crippen molar-refractivity contribution in [2.24, 2.45) is 17.3 Å². The molecule has 2 bridgehead atoms. The zero-order chi connectivity index (χ0) is 24.4. The molecule has 1 amide bonds. The summed E-state index contributed by atoms with van der Waals surface area (Å²) in [6, 6.07) is 3.08. The normalized spacial score (nSPS) is 38.9. The Morgan fingerprint density at radius 3 is 2.83 bits per heavy atom. The molecule has 1 aromatic rings. The van der Waals surface area contributed by atoms with Crippen LogP contribution in [0.5, 0.6) is 0 Å². The highest BCUT2D eigenvalue weighted by Crippen LogP contribution is 2.56. The maximum Gasteiger partial charge on any atom is 0.416 e. The van der Waals surface area contributed by atoms with Gasteiger partial charge in [-0.2, -0.15) is 13.2 Å². The quantitative estimate of drug-likeness (QED) is 0.692. The molecule has 0 spiro atoms. The van der Waals surface area contributed by atoms with Gasteiger partial charge in [-0.3, -0.25) is 4.79 Å². The lowest BCUT2D eigenvalue weighted by Crippen LogP contribution is -2.54. The average molecular weight is 493 g/mol. The zero-order valence-electron chi connectivity index (χ0n) is 20.3. The van der Waals surface area contributed by atoms with E-state index in [4.69, 9.17) is 4.74 Å². The number of rotatable bonds is 4. The number of hydrogen-bond acceptors (Lipinski definition) is 5. The van der Waals surface area contributed by atoms with Crippen molar-refractivity contribution >= 4 is 11.7 Å². The van der Waals surface area contributed by atoms with E-state index in [0.717, 1.165) is 70.3 Å². The number of pyridine rings is 1. The third-order valence-electron chi connectivity index (χ3n) is 9.52. The van der Waals surface area contributed by atoms with Gasteiger partial charge in [-0.15, -0.1) is 0 Å². The standard InChI is InChI=1S/C26H35F3N4O2/c1-16-15-35-8-5-22(16)31-19-9-17-3-2-6-25(17,12-19)24(34)33-14-20-11-21(33)13-32(20)23-10-18(4-7-30-23)26(27,28)29/h4,7,10,16-17,19-22,31H,2-3,5-6,8-9,11-15H2,1H3/t16-,17+,19+,20-,21-,22-,25+/m0/s1. The average Bonchev–Trinajstić information content (AvgIpc) is 3.59. The van der Waals surface area contributed by atoms with Crippen LogP contribution < -0.4 is 10.2 Å². The van der Waals surface area contributed by atoms with Crippen molar-refractivity contribution in [2.45, 2.75) is 82.2 Å². The zero-order valence-corrected chi connectivity index (χ0v) is 20.3. The topological polar surface area (TPSA) is 57.7 Å². The van der Waals surface area contributed by atoms with Crippen LogP contribution in [0.1, 0.15) is 57.4 Å². The van der Waals surface area contributed by atoms with Crippen LogP contribution in [0, 0.1) is 17.3 Å². The number of alkyl halides is 3. The maximum atomic E-state index is 14.1. The molecule has 2 aliphatic carbocycles. The fourth-order valence-electron chi connectivity index (χ4n) is 7.78. The fraction of sp³-hybridized carbons (Fsp3) is 0.769. The Kier molecular flexibility index (Phi) is 5.79. The summed E-state index contributed by atoms with van der Waals surface area (Å²) < 4.78 is 45.2. The number of nitrogens with zero attached hydrogens (tertiary/aromatic N) is 3. The van der Waals surface area contributed by atoms with Crippen LogP contribution >= 0.6 is 0 Å². The van der Waals surface area contributed by atoms with Crippen molar-refractivity contribution in [3.63, 3.8) is 0 Å². The molecule has 2 saturated carbocycles. The monoisotopic (exact) mass is 492 g/mol. The lowest BCUT2D eigenvalue weighted by Gasteiger charge is -2.40. The van der Waals surface area contributed by atoms with Crippen LogP contribution in [0.3, 0.4) is 0 Å². The summed E-state index contributed by atoms with van der Waals surface area (Å²) in [5.41, 5.74) is -0.940. The number of fused-ring (bicyclic) bond motifs is 3. The molecule has 5 fully saturated rings. The Balaban J connectivity index is 1.14. The molecule has 6 rings (SSSR count). The van der Waals surface area contributed by atoms with Crippen LogP contribution in [0.15, 0.2) is 18.3 Å². The molecule has 3 aliphatic heterocycles. The summed E-state index contributed by atoms with van der Waals surface area (Å²) in [5.74, 6) is 1.59. The van der Waals surface area contributed by atoms with Crippen LogP contribution in [0.4, 0.5) is 19.0 Å². The second kappa shape index (κ2) is 8.61. The minimum Gasteiger partial charge on any atom is -0.381 e. The van der Waals surface area contributed by atoms with Crippen molar-refractivity contribution in [1.29, 1.82) is 0 Å². The SMILES string of the molecule is C[C@H]1COCC[C@@H]1N[C@@H]1C[C@H]2CCC[C@@]2(C(=O)N2C[C@@H]3C[C@H]2CN3c2cc(C(F)(F)F)ccn2)C1. The summed E-state index contributed by atoms with van der Waals surface area (Å²) in [7, 11) is 0. The van der Waals surface area contributed by atoms with Gasteiger partial charge in [0.05, 0.1) is 29.7 Å². The summed E-state index contributed by atoms with van der Waals surface area (Å²) >= 11 is 0. The molecule has 0 unspecified atom stereocenters. The predicted molar refractivity (Wildman–Crippen MR) is 125 cm³/mol. The van der Waals surface area contributed by atoms with E-state index in [1.54, 1.807) is 0 Å². The maximum absolute atomic E-state index is 14.1. The van der Waals surface area contributed by atoms with Gasteiger partial charge in [0.1, 0.15) is 5.82 Å². The molecule has 0 radical (unpaired) electrons. The van der Waals surface area contributed by atoms with E-state index in [-0.39, 0.29) is 17.5 Å². The van der Waals surface area contributed by atoms with Gasteiger partial charge in [0, 0.05) is 38.0 Å². The first-order valence-electron chi connectivity index (χ1n) is 13.2. The number of carbonyl (C=O) groups is 1. The van der Waals surface area contributed by atoms with E-state index in [0.29, 0.717) is 48.7 Å². The number of aromatic nitrogens is 1. The number of carbonyl (C=O) groups excluding carboxylic acids is 1. The molecule has 4 heterocycles. The number of amides is 1. The smallest absolute Gasteiger partial charge is 0.381 e. The molecule has 7 atom stereocenters. The number of ether oxygens (including phenoxy) is 1. The first kappa shape index (κ1) is 23.5. The summed E-state index contributed by atoms with van der Waals surface area (Å²) in [5, 5.41) is 3.89. The molecule has 9 heteroatoms. The van der Waals surface area contributed by atoms with E-state index in [9.17, 15) is 18.0 Å². The highest BCUT2D eigenvalue weighted by molar-refractivity contribution is 5.85. The van der Waals surface area contributed by atoms with Crippen LogP contribution in [-0.2, 0) is 15.7 Å². The van der Waals surface area contributed by atoms with Gasteiger partial charge >= 0.3 is 6.18 Å². The molecule has 1 N–H and O–H groups in total. The lowest BCUT2D eigenvalue weighted by atomic mass is 9.78. The van der Waals surface area contributed by atoms with Crippen LogP contribution in [0.25, 0.3) is 0 Å². The molecule has 1 aromatic heterocycles. The van der Waals surface area contributed by atoms with Gasteiger partial charge in [-0.25, -0.2) is 4.98 Å². The molecule has 6 nitrogen and oxygen atoms in total. The molecule has 192 valence electrons. The molecule has 5 aliphatic rings. The Bertz CT molecular complexity index is 974. The van der Waals surface area contributed by atoms with E-state index >= 15 is 0 Å². The molecule has 35 heavy (non-hydrogen) atoms. The third kappa shape index (κ3) is 4.02. The molecule has 3 saturated heterocycles. The van der Waals surface area contributed by atoms with Gasteiger partial charge in [0.15, 0.2) is 0 Å². The van der Waals surface area contributed by atoms with Crippen molar-refractivity contribution in [3.8, 4) is 0 Å². The largest absolute Gasteiger partial charge is 0.416 e. The molecule has 0 aromatic carbocycles. The Morgan fingerprint density at radius 2 is 2.09 bits per heavy atom. The van der Waals surface area contributed by atoms with Gasteiger partial charge in [-0.05, 0) is 62.5 Å². The van der Waals surface area contributed by atoms with Gasteiger partial charge in [0.25, 0.3) is 0 Å². The minimum atomic E-state index is -4.38. The van der Waals surface area contributed by atoms with Gasteiger partial charge in [-0.1, -0.05) is 13.3 Å². The first-order valence-corrected chi connectivity index (χ1v) is 13.2. The van der Waals surface area contributed by atoms with Crippen molar-refractivity contribution in [2.75, 3.05) is 31.2 Å². The van der Waals surface area contributed by atoms with Crippen LogP contribution in [-0.4, -0.2) is 66.3 Å². The summed E-state index contributed by atoms with van der Waals surface area (Å²) in [6.07, 6.45) is 3.86. The van der Waals surface area contributed by atoms with Crippen molar-refractivity contribution in [1.82, 2.24) is 15.2 Å². The second-order valence-corrected chi connectivity index (χ2v) is 11.5. The van der Waals surface area contributed by atoms with Crippen molar-refractivity contribution < 1.29 is 22.7 Å². The van der Waals surface area contributed by atoms with E-state index in [1.165, 1.54) is 6.20 Å². The number of halogens is 3. The summed E-state index contributed by atoms with van der Waals surface area (Å²) in [4.78, 5) is 22.3. The fourth-order valence-corrected chi connectivity index (χ4v) is 7.78. The van der Waals surface area contributed by atoms with E-state index < -0.39 is 11.7 Å².